The fraction of sp³-hybridized carbons (Fsp3) is 0.381. The number of rotatable bonds is 5. The van der Waals surface area contributed by atoms with Gasteiger partial charge in [-0.3, -0.25) is 4.79 Å². The molecule has 2 heterocycles. The number of piperidine rings is 1. The minimum absolute atomic E-state index is 0.0752. The fourth-order valence-electron chi connectivity index (χ4n) is 3.70. The van der Waals surface area contributed by atoms with Gasteiger partial charge in [0.25, 0.3) is 0 Å². The van der Waals surface area contributed by atoms with E-state index in [1.807, 2.05) is 0 Å². The molecule has 166 valence electrons. The van der Waals surface area contributed by atoms with Crippen LogP contribution in [0.2, 0.25) is 5.02 Å². The molecule has 0 aliphatic carbocycles. The number of amides is 1. The van der Waals surface area contributed by atoms with Gasteiger partial charge in [0.1, 0.15) is 19.0 Å². The molecule has 2 aromatic rings. The SMILES string of the molecule is COc1ccc(S(=O)(=O)N2CCC[C@@H](C(=O)Nc3ccc4c(c3)OCCO4)C2)cc1Cl. The van der Waals surface area contributed by atoms with E-state index in [9.17, 15) is 13.2 Å². The Morgan fingerprint density at radius 2 is 1.94 bits per heavy atom. The van der Waals surface area contributed by atoms with Crippen LogP contribution in [-0.2, 0) is 14.8 Å². The number of carbonyl (C=O) groups is 1. The van der Waals surface area contributed by atoms with Gasteiger partial charge in [-0.1, -0.05) is 11.6 Å². The van der Waals surface area contributed by atoms with E-state index in [1.54, 1.807) is 18.2 Å². The van der Waals surface area contributed by atoms with E-state index in [0.717, 1.165) is 0 Å². The van der Waals surface area contributed by atoms with Crippen molar-refractivity contribution in [1.82, 2.24) is 4.31 Å². The van der Waals surface area contributed by atoms with Crippen LogP contribution < -0.4 is 19.5 Å². The van der Waals surface area contributed by atoms with Gasteiger partial charge in [-0.25, -0.2) is 8.42 Å². The summed E-state index contributed by atoms with van der Waals surface area (Å²) in [6, 6.07) is 9.54. The van der Waals surface area contributed by atoms with Crippen molar-refractivity contribution in [3.05, 3.63) is 41.4 Å². The number of hydrogen-bond acceptors (Lipinski definition) is 6. The Morgan fingerprint density at radius 3 is 2.68 bits per heavy atom. The molecule has 0 saturated carbocycles. The molecule has 2 aliphatic heterocycles. The molecule has 2 aliphatic rings. The predicted octanol–water partition coefficient (Wildman–Crippen LogP) is 3.16. The van der Waals surface area contributed by atoms with Crippen LogP contribution in [0.3, 0.4) is 0 Å². The highest BCUT2D eigenvalue weighted by Gasteiger charge is 2.33. The third-order valence-corrected chi connectivity index (χ3v) is 7.48. The summed E-state index contributed by atoms with van der Waals surface area (Å²) in [6.45, 7) is 1.39. The van der Waals surface area contributed by atoms with Gasteiger partial charge >= 0.3 is 0 Å². The first-order chi connectivity index (χ1) is 14.9. The highest BCUT2D eigenvalue weighted by Crippen LogP contribution is 2.33. The molecular weight excluding hydrogens is 444 g/mol. The zero-order valence-electron chi connectivity index (χ0n) is 17.0. The maximum Gasteiger partial charge on any atom is 0.243 e. The summed E-state index contributed by atoms with van der Waals surface area (Å²) in [5.74, 6) is 0.913. The van der Waals surface area contributed by atoms with Crippen molar-refractivity contribution in [3.8, 4) is 17.2 Å². The van der Waals surface area contributed by atoms with Crippen molar-refractivity contribution in [3.63, 3.8) is 0 Å². The number of nitrogens with one attached hydrogen (secondary N) is 1. The van der Waals surface area contributed by atoms with E-state index >= 15 is 0 Å². The molecule has 1 saturated heterocycles. The average molecular weight is 467 g/mol. The number of methoxy groups -OCH3 is 1. The first kappa shape index (κ1) is 21.7. The first-order valence-electron chi connectivity index (χ1n) is 9.92. The molecule has 1 fully saturated rings. The topological polar surface area (TPSA) is 94.2 Å². The number of hydrogen-bond donors (Lipinski definition) is 1. The van der Waals surface area contributed by atoms with Crippen molar-refractivity contribution in [2.45, 2.75) is 17.7 Å². The van der Waals surface area contributed by atoms with Crippen LogP contribution in [0.4, 0.5) is 5.69 Å². The molecule has 0 radical (unpaired) electrons. The molecule has 8 nitrogen and oxygen atoms in total. The summed E-state index contributed by atoms with van der Waals surface area (Å²) in [4.78, 5) is 12.9. The number of anilines is 1. The maximum absolute atomic E-state index is 13.1. The number of benzene rings is 2. The van der Waals surface area contributed by atoms with Crippen LogP contribution in [0.1, 0.15) is 12.8 Å². The Labute approximate surface area is 186 Å². The zero-order valence-corrected chi connectivity index (χ0v) is 18.5. The maximum atomic E-state index is 13.1. The number of ether oxygens (including phenoxy) is 3. The summed E-state index contributed by atoms with van der Waals surface area (Å²) in [5.41, 5.74) is 0.580. The molecule has 0 aromatic heterocycles. The van der Waals surface area contributed by atoms with Crippen LogP contribution >= 0.6 is 11.6 Å². The van der Waals surface area contributed by atoms with E-state index in [4.69, 9.17) is 25.8 Å². The summed E-state index contributed by atoms with van der Waals surface area (Å²) in [6.07, 6.45) is 1.19. The van der Waals surface area contributed by atoms with Gasteiger partial charge in [0, 0.05) is 24.8 Å². The molecule has 1 amide bonds. The summed E-state index contributed by atoms with van der Waals surface area (Å²) < 4.78 is 43.6. The van der Waals surface area contributed by atoms with Crippen molar-refractivity contribution in [2.24, 2.45) is 5.92 Å². The van der Waals surface area contributed by atoms with E-state index in [-0.39, 0.29) is 22.4 Å². The molecule has 0 spiro atoms. The van der Waals surface area contributed by atoms with Gasteiger partial charge in [0.2, 0.25) is 15.9 Å². The molecule has 1 N–H and O–H groups in total. The minimum atomic E-state index is -3.78. The number of fused-ring (bicyclic) bond motifs is 1. The molecule has 10 heteroatoms. The van der Waals surface area contributed by atoms with Crippen LogP contribution in [0.5, 0.6) is 17.2 Å². The molecule has 4 rings (SSSR count). The third kappa shape index (κ3) is 4.58. The Morgan fingerprint density at radius 1 is 1.16 bits per heavy atom. The summed E-state index contributed by atoms with van der Waals surface area (Å²) >= 11 is 6.10. The van der Waals surface area contributed by atoms with E-state index in [1.165, 1.54) is 29.6 Å². The number of sulfonamides is 1. The third-order valence-electron chi connectivity index (χ3n) is 5.33. The van der Waals surface area contributed by atoms with Crippen molar-refractivity contribution in [1.29, 1.82) is 0 Å². The second-order valence-electron chi connectivity index (χ2n) is 7.35. The lowest BCUT2D eigenvalue weighted by atomic mass is 9.98. The standard InChI is InChI=1S/C21H23ClN2O6S/c1-28-18-7-5-16(12-17(18)22)31(26,27)24-8-2-3-14(13-24)21(25)23-15-4-6-19-20(11-15)30-10-9-29-19/h4-7,11-12,14H,2-3,8-10,13H2,1H3,(H,23,25)/t14-/m1/s1. The Bertz CT molecular complexity index is 1090. The van der Waals surface area contributed by atoms with E-state index in [2.05, 4.69) is 5.32 Å². The van der Waals surface area contributed by atoms with Gasteiger partial charge in [0.05, 0.1) is 22.9 Å². The van der Waals surface area contributed by atoms with Gasteiger partial charge in [0.15, 0.2) is 11.5 Å². The first-order valence-corrected chi connectivity index (χ1v) is 11.7. The van der Waals surface area contributed by atoms with Crippen LogP contribution in [0.15, 0.2) is 41.3 Å². The van der Waals surface area contributed by atoms with Crippen LogP contribution in [-0.4, -0.2) is 52.0 Å². The lowest BCUT2D eigenvalue weighted by Gasteiger charge is -2.31. The molecule has 0 bridgehead atoms. The minimum Gasteiger partial charge on any atom is -0.495 e. The number of halogens is 1. The van der Waals surface area contributed by atoms with Gasteiger partial charge < -0.3 is 19.5 Å². The van der Waals surface area contributed by atoms with Crippen molar-refractivity contribution in [2.75, 3.05) is 38.7 Å². The second kappa shape index (κ2) is 8.94. The molecule has 0 unspecified atom stereocenters. The fourth-order valence-corrected chi connectivity index (χ4v) is 5.57. The van der Waals surface area contributed by atoms with Crippen molar-refractivity contribution >= 4 is 33.2 Å². The quantitative estimate of drug-likeness (QED) is 0.727. The largest absolute Gasteiger partial charge is 0.495 e. The van der Waals surface area contributed by atoms with Gasteiger partial charge in [-0.2, -0.15) is 4.31 Å². The van der Waals surface area contributed by atoms with Gasteiger partial charge in [-0.15, -0.1) is 0 Å². The molecular formula is C21H23ClN2O6S. The Hall–Kier alpha value is -2.49. The molecule has 31 heavy (non-hydrogen) atoms. The zero-order chi connectivity index (χ0) is 22.0. The summed E-state index contributed by atoms with van der Waals surface area (Å²) in [5, 5.41) is 3.08. The average Bonchev–Trinajstić information content (AvgIpc) is 2.79. The lowest BCUT2D eigenvalue weighted by Crippen LogP contribution is -2.43. The lowest BCUT2D eigenvalue weighted by molar-refractivity contribution is -0.120. The van der Waals surface area contributed by atoms with Gasteiger partial charge in [-0.05, 0) is 43.2 Å². The van der Waals surface area contributed by atoms with E-state index < -0.39 is 15.9 Å². The highest BCUT2D eigenvalue weighted by atomic mass is 35.5. The highest BCUT2D eigenvalue weighted by molar-refractivity contribution is 7.89. The number of nitrogens with zero attached hydrogens (tertiary/aromatic N) is 1. The Kier molecular flexibility index (Phi) is 6.27. The van der Waals surface area contributed by atoms with E-state index in [0.29, 0.717) is 55.5 Å². The second-order valence-corrected chi connectivity index (χ2v) is 9.69. The van der Waals surface area contributed by atoms with Crippen LogP contribution in [0, 0.1) is 5.92 Å². The monoisotopic (exact) mass is 466 g/mol. The normalized spacial score (nSPS) is 19.0. The van der Waals surface area contributed by atoms with Crippen molar-refractivity contribution < 1.29 is 27.4 Å². The number of carbonyl (C=O) groups excluding carboxylic acids is 1. The molecule has 2 aromatic carbocycles. The predicted molar refractivity (Wildman–Crippen MR) is 116 cm³/mol. The molecule has 1 atom stereocenters. The van der Waals surface area contributed by atoms with Crippen LogP contribution in [0.25, 0.3) is 0 Å². The summed E-state index contributed by atoms with van der Waals surface area (Å²) in [7, 11) is -2.32. The Balaban J connectivity index is 1.46. The smallest absolute Gasteiger partial charge is 0.243 e.